The molecule has 3 aromatic rings. The molecule has 0 unspecified atom stereocenters. The number of hydrogen-bond acceptors (Lipinski definition) is 5. The topological polar surface area (TPSA) is 60.2 Å². The van der Waals surface area contributed by atoms with Crippen molar-refractivity contribution >= 4 is 5.69 Å². The lowest BCUT2D eigenvalue weighted by Crippen LogP contribution is -2.00. The molecule has 0 aliphatic carbocycles. The van der Waals surface area contributed by atoms with Gasteiger partial charge in [0.25, 0.3) is 0 Å². The van der Waals surface area contributed by atoms with Gasteiger partial charge in [-0.2, -0.15) is 0 Å². The molecule has 0 saturated carbocycles. The quantitative estimate of drug-likeness (QED) is 0.772. The van der Waals surface area contributed by atoms with Gasteiger partial charge in [0.05, 0.1) is 13.7 Å². The van der Waals surface area contributed by atoms with Gasteiger partial charge in [0.15, 0.2) is 0 Å². The Labute approximate surface area is 135 Å². The molecule has 1 N–H and O–H groups in total. The van der Waals surface area contributed by atoms with Crippen LogP contribution in [0.2, 0.25) is 0 Å². The van der Waals surface area contributed by atoms with Crippen molar-refractivity contribution in [2.75, 3.05) is 12.4 Å². The van der Waals surface area contributed by atoms with Gasteiger partial charge in [-0.3, -0.25) is 0 Å². The highest BCUT2D eigenvalue weighted by molar-refractivity contribution is 5.55. The first-order valence-corrected chi connectivity index (χ1v) is 7.43. The summed E-state index contributed by atoms with van der Waals surface area (Å²) < 4.78 is 10.9. The molecule has 1 heterocycles. The molecule has 0 aliphatic heterocycles. The van der Waals surface area contributed by atoms with Crippen LogP contribution in [0.5, 0.6) is 5.75 Å². The molecular weight excluding hydrogens is 290 g/mol. The van der Waals surface area contributed by atoms with Crippen molar-refractivity contribution in [1.82, 2.24) is 10.2 Å². The van der Waals surface area contributed by atoms with Crippen LogP contribution < -0.4 is 10.1 Å². The number of rotatable bonds is 5. The zero-order chi connectivity index (χ0) is 16.2. The summed E-state index contributed by atoms with van der Waals surface area (Å²) >= 11 is 0. The monoisotopic (exact) mass is 309 g/mol. The maximum absolute atomic E-state index is 5.71. The van der Waals surface area contributed by atoms with Crippen LogP contribution in [0.1, 0.15) is 17.0 Å². The summed E-state index contributed by atoms with van der Waals surface area (Å²) in [5.41, 5.74) is 4.32. The van der Waals surface area contributed by atoms with Crippen LogP contribution in [0.15, 0.2) is 46.9 Å². The summed E-state index contributed by atoms with van der Waals surface area (Å²) in [7, 11) is 1.63. The van der Waals surface area contributed by atoms with Gasteiger partial charge < -0.3 is 14.5 Å². The Morgan fingerprint density at radius 3 is 2.57 bits per heavy atom. The zero-order valence-electron chi connectivity index (χ0n) is 13.5. The van der Waals surface area contributed by atoms with E-state index < -0.39 is 0 Å². The molecule has 0 spiro atoms. The van der Waals surface area contributed by atoms with Gasteiger partial charge in [-0.1, -0.05) is 12.1 Å². The van der Waals surface area contributed by atoms with Gasteiger partial charge in [0.2, 0.25) is 11.8 Å². The Bertz CT molecular complexity index is 791. The van der Waals surface area contributed by atoms with Gasteiger partial charge >= 0.3 is 0 Å². The number of hydrogen-bond donors (Lipinski definition) is 1. The zero-order valence-corrected chi connectivity index (χ0v) is 13.5. The first-order chi connectivity index (χ1) is 11.1. The van der Waals surface area contributed by atoms with Gasteiger partial charge in [-0.05, 0) is 55.3 Å². The molecule has 0 bridgehead atoms. The molecule has 0 amide bonds. The standard InChI is InChI=1S/C18H19N3O2/c1-12-7-13(2)9-15(8-12)19-11-17-20-21-18(23-17)14-5-4-6-16(10-14)22-3/h4-10,19H,11H2,1-3H3. The molecule has 23 heavy (non-hydrogen) atoms. The predicted molar refractivity (Wildman–Crippen MR) is 89.5 cm³/mol. The Morgan fingerprint density at radius 2 is 1.83 bits per heavy atom. The number of nitrogens with one attached hydrogen (secondary N) is 1. The molecule has 0 saturated heterocycles. The number of anilines is 1. The summed E-state index contributed by atoms with van der Waals surface area (Å²) in [6.45, 7) is 4.64. The predicted octanol–water partition coefficient (Wildman–Crippen LogP) is 3.97. The van der Waals surface area contributed by atoms with Gasteiger partial charge in [-0.15, -0.1) is 10.2 Å². The van der Waals surface area contributed by atoms with Crippen LogP contribution in [0, 0.1) is 13.8 Å². The number of benzene rings is 2. The van der Waals surface area contributed by atoms with E-state index in [1.807, 2.05) is 24.3 Å². The number of aromatic nitrogens is 2. The van der Waals surface area contributed by atoms with Gasteiger partial charge in [0.1, 0.15) is 5.75 Å². The van der Waals surface area contributed by atoms with Crippen molar-refractivity contribution in [2.24, 2.45) is 0 Å². The fourth-order valence-corrected chi connectivity index (χ4v) is 2.45. The third-order valence-electron chi connectivity index (χ3n) is 3.45. The van der Waals surface area contributed by atoms with Crippen LogP contribution in [0.3, 0.4) is 0 Å². The van der Waals surface area contributed by atoms with E-state index in [1.54, 1.807) is 7.11 Å². The van der Waals surface area contributed by atoms with Crippen LogP contribution in [0.25, 0.3) is 11.5 Å². The summed E-state index contributed by atoms with van der Waals surface area (Å²) in [6, 6.07) is 13.9. The van der Waals surface area contributed by atoms with Crippen LogP contribution in [-0.4, -0.2) is 17.3 Å². The molecular formula is C18H19N3O2. The molecule has 0 radical (unpaired) electrons. The highest BCUT2D eigenvalue weighted by Gasteiger charge is 2.09. The minimum Gasteiger partial charge on any atom is -0.497 e. The van der Waals surface area contributed by atoms with Crippen LogP contribution in [0.4, 0.5) is 5.69 Å². The van der Waals surface area contributed by atoms with Crippen molar-refractivity contribution < 1.29 is 9.15 Å². The van der Waals surface area contributed by atoms with Crippen molar-refractivity contribution in [3.8, 4) is 17.2 Å². The first-order valence-electron chi connectivity index (χ1n) is 7.43. The second-order valence-electron chi connectivity index (χ2n) is 5.46. The number of aryl methyl sites for hydroxylation is 2. The normalized spacial score (nSPS) is 10.6. The average molecular weight is 309 g/mol. The van der Waals surface area contributed by atoms with Crippen molar-refractivity contribution in [3.05, 3.63) is 59.5 Å². The highest BCUT2D eigenvalue weighted by atomic mass is 16.5. The van der Waals surface area contributed by atoms with Crippen LogP contribution >= 0.6 is 0 Å². The van der Waals surface area contributed by atoms with Gasteiger partial charge in [0, 0.05) is 11.3 Å². The smallest absolute Gasteiger partial charge is 0.247 e. The Morgan fingerprint density at radius 1 is 1.04 bits per heavy atom. The maximum Gasteiger partial charge on any atom is 0.247 e. The van der Waals surface area contributed by atoms with Crippen LogP contribution in [-0.2, 0) is 6.54 Å². The third kappa shape index (κ3) is 3.69. The summed E-state index contributed by atoms with van der Waals surface area (Å²) in [5, 5.41) is 11.5. The molecule has 0 aliphatic rings. The van der Waals surface area contributed by atoms with E-state index in [2.05, 4.69) is 47.6 Å². The second kappa shape index (κ2) is 6.52. The first kappa shape index (κ1) is 15.1. The lowest BCUT2D eigenvalue weighted by Gasteiger charge is -2.06. The lowest BCUT2D eigenvalue weighted by atomic mass is 10.1. The molecule has 2 aromatic carbocycles. The minimum atomic E-state index is 0.486. The van der Waals surface area contributed by atoms with Gasteiger partial charge in [-0.25, -0.2) is 0 Å². The van der Waals surface area contributed by atoms with E-state index >= 15 is 0 Å². The summed E-state index contributed by atoms with van der Waals surface area (Å²) in [5.74, 6) is 1.79. The average Bonchev–Trinajstić information content (AvgIpc) is 3.01. The van der Waals surface area contributed by atoms with E-state index in [0.717, 1.165) is 17.0 Å². The number of ether oxygens (including phenoxy) is 1. The van der Waals surface area contributed by atoms with E-state index in [4.69, 9.17) is 9.15 Å². The van der Waals surface area contributed by atoms with E-state index in [0.29, 0.717) is 18.3 Å². The fraction of sp³-hybridized carbons (Fsp3) is 0.222. The second-order valence-corrected chi connectivity index (χ2v) is 5.46. The molecule has 5 nitrogen and oxygen atoms in total. The molecule has 0 atom stereocenters. The molecule has 0 fully saturated rings. The lowest BCUT2D eigenvalue weighted by molar-refractivity contribution is 0.414. The Kier molecular flexibility index (Phi) is 4.28. The maximum atomic E-state index is 5.71. The Hall–Kier alpha value is -2.82. The SMILES string of the molecule is COc1cccc(-c2nnc(CNc3cc(C)cc(C)c3)o2)c1. The Balaban J connectivity index is 1.71. The molecule has 1 aromatic heterocycles. The fourth-order valence-electron chi connectivity index (χ4n) is 2.45. The van der Waals surface area contributed by atoms with E-state index in [1.165, 1.54) is 11.1 Å². The molecule has 3 rings (SSSR count). The molecule has 118 valence electrons. The number of methoxy groups -OCH3 is 1. The number of nitrogens with zero attached hydrogens (tertiary/aromatic N) is 2. The molecule has 5 heteroatoms. The van der Waals surface area contributed by atoms with Crippen molar-refractivity contribution in [1.29, 1.82) is 0 Å². The minimum absolute atomic E-state index is 0.486. The van der Waals surface area contributed by atoms with Crippen molar-refractivity contribution in [3.63, 3.8) is 0 Å². The third-order valence-corrected chi connectivity index (χ3v) is 3.45. The highest BCUT2D eigenvalue weighted by Crippen LogP contribution is 2.23. The summed E-state index contributed by atoms with van der Waals surface area (Å²) in [6.07, 6.45) is 0. The largest absolute Gasteiger partial charge is 0.497 e. The van der Waals surface area contributed by atoms with E-state index in [9.17, 15) is 0 Å². The van der Waals surface area contributed by atoms with E-state index in [-0.39, 0.29) is 0 Å². The summed E-state index contributed by atoms with van der Waals surface area (Å²) in [4.78, 5) is 0. The van der Waals surface area contributed by atoms with Crippen molar-refractivity contribution in [2.45, 2.75) is 20.4 Å².